The van der Waals surface area contributed by atoms with Crippen LogP contribution in [0.25, 0.3) is 0 Å². The number of carbonyl (C=O) groups is 2. The van der Waals surface area contributed by atoms with Gasteiger partial charge in [-0.3, -0.25) is 9.59 Å². The smallest absolute Gasteiger partial charge is 0.306 e. The molecule has 0 amide bonds. The van der Waals surface area contributed by atoms with E-state index in [4.69, 9.17) is 14.2 Å². The third-order valence-electron chi connectivity index (χ3n) is 11.3. The molecule has 6 nitrogen and oxygen atoms in total. The fourth-order valence-electron chi connectivity index (χ4n) is 8.67. The van der Waals surface area contributed by atoms with Crippen LogP contribution in [0, 0.1) is 10.8 Å². The fraction of sp³-hybridized carbons (Fsp3) is 0.811. The van der Waals surface area contributed by atoms with E-state index in [1.54, 1.807) is 0 Å². The van der Waals surface area contributed by atoms with Gasteiger partial charge in [0.2, 0.25) is 0 Å². The third kappa shape index (κ3) is 36.2. The number of nitrogens with zero attached hydrogens (tertiary/aromatic N) is 1. The van der Waals surface area contributed by atoms with Gasteiger partial charge in [0.15, 0.2) is 0 Å². The van der Waals surface area contributed by atoms with Crippen LogP contribution >= 0.6 is 0 Å². The van der Waals surface area contributed by atoms with E-state index in [0.717, 1.165) is 116 Å². The summed E-state index contributed by atoms with van der Waals surface area (Å²) in [5.74, 6) is -0.108. The quantitative estimate of drug-likeness (QED) is 0.188. The fourth-order valence-corrected chi connectivity index (χ4v) is 8.67. The minimum Gasteiger partial charge on any atom is -0.462 e. The van der Waals surface area contributed by atoms with Crippen molar-refractivity contribution in [2.24, 2.45) is 10.8 Å². The molecular weight excluding hydrogens is 731 g/mol. The van der Waals surface area contributed by atoms with Crippen molar-refractivity contribution < 1.29 is 23.8 Å². The Balaban J connectivity index is 2.60. The Morgan fingerprint density at radius 3 is 1.61 bits per heavy atom. The second kappa shape index (κ2) is 34.4. The van der Waals surface area contributed by atoms with Crippen LogP contribution in [0.4, 0.5) is 0 Å². The molecule has 6 heteroatoms. The lowest BCUT2D eigenvalue weighted by Crippen LogP contribution is -2.34. The molecule has 1 rings (SSSR count). The van der Waals surface area contributed by atoms with Crippen LogP contribution in [-0.4, -0.2) is 62.4 Å². The molecule has 0 spiro atoms. The van der Waals surface area contributed by atoms with Crippen LogP contribution in [0.2, 0.25) is 0 Å². The van der Waals surface area contributed by atoms with E-state index in [2.05, 4.69) is 95.3 Å². The topological polar surface area (TPSA) is 65.1 Å². The SMILES string of the molecule is CN(C)CC(C)(C)CC(C)(C)CC(=O)OC1CCCCCCCCC=CCC=CCCCCOCCC(C)(C)OC(=O)CCCCC=CCC=CCCCCCCCC1. The molecule has 0 fully saturated rings. The van der Waals surface area contributed by atoms with Gasteiger partial charge in [-0.2, -0.15) is 0 Å². The lowest BCUT2D eigenvalue weighted by atomic mass is 9.73. The summed E-state index contributed by atoms with van der Waals surface area (Å²) in [4.78, 5) is 28.0. The Kier molecular flexibility index (Phi) is 32.0. The molecule has 1 aliphatic rings. The van der Waals surface area contributed by atoms with Gasteiger partial charge in [-0.25, -0.2) is 0 Å². The molecule has 0 saturated heterocycles. The maximum absolute atomic E-state index is 13.3. The van der Waals surface area contributed by atoms with E-state index in [9.17, 15) is 9.59 Å². The lowest BCUT2D eigenvalue weighted by molar-refractivity contribution is -0.158. The highest BCUT2D eigenvalue weighted by Crippen LogP contribution is 2.37. The minimum atomic E-state index is -0.489. The summed E-state index contributed by atoms with van der Waals surface area (Å²) in [5, 5.41) is 0. The highest BCUT2D eigenvalue weighted by Gasteiger charge is 2.32. The first-order chi connectivity index (χ1) is 28.2. The van der Waals surface area contributed by atoms with Crippen molar-refractivity contribution >= 4 is 11.9 Å². The number of ether oxygens (including phenoxy) is 3. The third-order valence-corrected chi connectivity index (χ3v) is 11.3. The summed E-state index contributed by atoms with van der Waals surface area (Å²) in [6.07, 6.45) is 48.4. The summed E-state index contributed by atoms with van der Waals surface area (Å²) in [6, 6.07) is 0. The van der Waals surface area contributed by atoms with Crippen molar-refractivity contribution in [3.05, 3.63) is 48.6 Å². The maximum atomic E-state index is 13.3. The first kappa shape index (κ1) is 54.8. The van der Waals surface area contributed by atoms with Gasteiger partial charge in [0.05, 0.1) is 13.0 Å². The monoisotopic (exact) mass is 826 g/mol. The van der Waals surface area contributed by atoms with Crippen LogP contribution in [0.5, 0.6) is 0 Å². The molecule has 0 aromatic heterocycles. The second-order valence-electron chi connectivity index (χ2n) is 20.1. The normalized spacial score (nSPS) is 21.9. The summed E-state index contributed by atoms with van der Waals surface area (Å²) >= 11 is 0. The van der Waals surface area contributed by atoms with Gasteiger partial charge < -0.3 is 19.1 Å². The van der Waals surface area contributed by atoms with Crippen LogP contribution in [0.3, 0.4) is 0 Å². The Labute approximate surface area is 365 Å². The molecular formula is C53H95NO5. The van der Waals surface area contributed by atoms with Crippen molar-refractivity contribution in [2.75, 3.05) is 33.9 Å². The van der Waals surface area contributed by atoms with Gasteiger partial charge in [-0.1, -0.05) is 128 Å². The molecule has 59 heavy (non-hydrogen) atoms. The highest BCUT2D eigenvalue weighted by atomic mass is 16.6. The Morgan fingerprint density at radius 1 is 0.644 bits per heavy atom. The van der Waals surface area contributed by atoms with E-state index in [0.29, 0.717) is 19.4 Å². The van der Waals surface area contributed by atoms with Crippen LogP contribution in [0.15, 0.2) is 48.6 Å². The number of rotatable bonds is 7. The highest BCUT2D eigenvalue weighted by molar-refractivity contribution is 5.70. The largest absolute Gasteiger partial charge is 0.462 e. The first-order valence-electron chi connectivity index (χ1n) is 24.4. The molecule has 342 valence electrons. The molecule has 0 bridgehead atoms. The summed E-state index contributed by atoms with van der Waals surface area (Å²) < 4.78 is 17.9. The molecule has 1 atom stereocenters. The molecule has 1 aliphatic heterocycles. The van der Waals surface area contributed by atoms with E-state index >= 15 is 0 Å². The number of cyclic esters (lactones) is 1. The van der Waals surface area contributed by atoms with Gasteiger partial charge in [0.25, 0.3) is 0 Å². The number of hydrogen-bond donors (Lipinski definition) is 0. The standard InChI is InChI=1S/C53H95NO5/c1-51(2,46-52(3,4)47-54(7)8)45-50(56)58-48-39-35-31-27-23-19-15-11-9-13-17-21-25-29-33-37-41-49(55)59-53(5,6)42-44-57-43-38-34-30-26-22-18-14-10-12-16-20-24-28-32-36-40-48/h9-10,13-14,21-22,25-26,48H,11-12,15-20,23-24,27-47H2,1-8H3. The second-order valence-corrected chi connectivity index (χ2v) is 20.1. The van der Waals surface area contributed by atoms with Crippen LogP contribution < -0.4 is 0 Å². The van der Waals surface area contributed by atoms with E-state index in [-0.39, 0.29) is 28.9 Å². The first-order valence-corrected chi connectivity index (χ1v) is 24.4. The van der Waals surface area contributed by atoms with E-state index in [1.165, 1.54) is 64.2 Å². The molecule has 0 aliphatic carbocycles. The predicted molar refractivity (Wildman–Crippen MR) is 253 cm³/mol. The molecule has 0 aromatic rings. The Bertz CT molecular complexity index is 1160. The molecule has 1 unspecified atom stereocenters. The lowest BCUT2D eigenvalue weighted by Gasteiger charge is -2.36. The van der Waals surface area contributed by atoms with E-state index < -0.39 is 5.60 Å². The predicted octanol–water partition coefficient (Wildman–Crippen LogP) is 15.0. The number of carbonyl (C=O) groups excluding carboxylic acids is 2. The summed E-state index contributed by atoms with van der Waals surface area (Å²) in [6.45, 7) is 15.4. The molecule has 0 saturated carbocycles. The zero-order valence-electron chi connectivity index (χ0n) is 40.1. The Morgan fingerprint density at radius 2 is 1.10 bits per heavy atom. The molecule has 1 heterocycles. The molecule has 0 radical (unpaired) electrons. The number of allylic oxidation sites excluding steroid dienone is 8. The van der Waals surface area contributed by atoms with Crippen molar-refractivity contribution in [3.8, 4) is 0 Å². The van der Waals surface area contributed by atoms with Gasteiger partial charge in [0.1, 0.15) is 11.7 Å². The average molecular weight is 826 g/mol. The van der Waals surface area contributed by atoms with Crippen molar-refractivity contribution in [3.63, 3.8) is 0 Å². The summed E-state index contributed by atoms with van der Waals surface area (Å²) in [5.41, 5.74) is -0.431. The van der Waals surface area contributed by atoms with Crippen molar-refractivity contribution in [2.45, 2.75) is 233 Å². The maximum Gasteiger partial charge on any atom is 0.306 e. The van der Waals surface area contributed by atoms with Crippen molar-refractivity contribution in [1.82, 2.24) is 4.90 Å². The molecule has 0 aromatic carbocycles. The zero-order chi connectivity index (χ0) is 43.5. The van der Waals surface area contributed by atoms with Gasteiger partial charge in [-0.05, 0) is 148 Å². The molecule has 0 N–H and O–H groups in total. The van der Waals surface area contributed by atoms with Crippen molar-refractivity contribution in [1.29, 1.82) is 0 Å². The van der Waals surface area contributed by atoms with Gasteiger partial charge >= 0.3 is 11.9 Å². The average Bonchev–Trinajstić information content (AvgIpc) is 3.13. The van der Waals surface area contributed by atoms with Crippen LogP contribution in [-0.2, 0) is 23.8 Å². The van der Waals surface area contributed by atoms with Gasteiger partial charge in [0, 0.05) is 26.0 Å². The van der Waals surface area contributed by atoms with Gasteiger partial charge in [-0.15, -0.1) is 0 Å². The number of hydrogen-bond acceptors (Lipinski definition) is 6. The minimum absolute atomic E-state index is 0.00723. The summed E-state index contributed by atoms with van der Waals surface area (Å²) in [7, 11) is 4.25. The van der Waals surface area contributed by atoms with Crippen LogP contribution in [0.1, 0.15) is 221 Å². The number of esters is 2. The Hall–Kier alpha value is -2.18. The van der Waals surface area contributed by atoms with E-state index in [1.807, 2.05) is 13.8 Å². The zero-order valence-corrected chi connectivity index (χ0v) is 40.1.